The molecule has 9 heteroatoms. The topological polar surface area (TPSA) is 114 Å². The summed E-state index contributed by atoms with van der Waals surface area (Å²) in [7, 11) is 0. The maximum absolute atomic E-state index is 12.8. The Morgan fingerprint density at radius 2 is 1.40 bits per heavy atom. The van der Waals surface area contributed by atoms with Crippen LogP contribution in [0.15, 0.2) is 24.3 Å². The Hall–Kier alpha value is -2.78. The molecule has 1 heterocycles. The van der Waals surface area contributed by atoms with Crippen molar-refractivity contribution in [1.29, 1.82) is 0 Å². The van der Waals surface area contributed by atoms with Gasteiger partial charge in [-0.3, -0.25) is 24.1 Å². The van der Waals surface area contributed by atoms with Crippen LogP contribution in [0.3, 0.4) is 0 Å². The summed E-state index contributed by atoms with van der Waals surface area (Å²) in [5.74, 6) is -0.197. The van der Waals surface area contributed by atoms with E-state index in [0.29, 0.717) is 58.0 Å². The first-order valence-corrected chi connectivity index (χ1v) is 15.4. The molecule has 1 aliphatic carbocycles. The van der Waals surface area contributed by atoms with Crippen LogP contribution in [0.25, 0.3) is 0 Å². The normalized spacial score (nSPS) is 21.5. The Morgan fingerprint density at radius 1 is 0.833 bits per heavy atom. The largest absolute Gasteiger partial charge is 0.377 e. The van der Waals surface area contributed by atoms with E-state index in [1.54, 1.807) is 0 Å². The Kier molecular flexibility index (Phi) is 12.1. The lowest BCUT2D eigenvalue weighted by molar-refractivity contribution is -0.141. The number of ether oxygens (including phenoxy) is 2. The van der Waals surface area contributed by atoms with E-state index in [9.17, 15) is 19.2 Å². The van der Waals surface area contributed by atoms with Crippen molar-refractivity contribution in [2.75, 3.05) is 46.1 Å². The monoisotopic (exact) mass is 585 g/mol. The van der Waals surface area contributed by atoms with Crippen LogP contribution < -0.4 is 10.6 Å². The second-order valence-electron chi connectivity index (χ2n) is 13.8. The number of amides is 4. The van der Waals surface area contributed by atoms with Gasteiger partial charge in [0.2, 0.25) is 17.7 Å². The first kappa shape index (κ1) is 33.7. The standard InChI is InChI=1S/C33H51N3O6/c1-32(2,3)26-13-11-25(12-14-26)30(39)35-16-18-42-20-19-41-17-15-34-29(38)24-9-7-23(8-10-24)22-36-28(37)21-27(31(36)40)33(4,5)6/h11-14,23-24,27H,7-10,15-22H2,1-6H3,(H,34,38)(H,35,39). The SMILES string of the molecule is CC(C)(C)c1ccc(C(=O)NCCOCCOCCNC(=O)C2CCC(CN3C(=O)CC(C(C)(C)C)C3=O)CC2)cc1. The molecule has 0 aromatic heterocycles. The third kappa shape index (κ3) is 9.90. The smallest absolute Gasteiger partial charge is 0.251 e. The zero-order chi connectivity index (χ0) is 30.9. The van der Waals surface area contributed by atoms with Crippen LogP contribution in [0.5, 0.6) is 0 Å². The summed E-state index contributed by atoms with van der Waals surface area (Å²) >= 11 is 0. The predicted octanol–water partition coefficient (Wildman–Crippen LogP) is 4.09. The van der Waals surface area contributed by atoms with E-state index in [2.05, 4.69) is 31.4 Å². The van der Waals surface area contributed by atoms with Gasteiger partial charge in [0.1, 0.15) is 0 Å². The second kappa shape index (κ2) is 15.1. The van der Waals surface area contributed by atoms with E-state index >= 15 is 0 Å². The van der Waals surface area contributed by atoms with E-state index in [4.69, 9.17) is 9.47 Å². The van der Waals surface area contributed by atoms with E-state index in [1.807, 2.05) is 45.0 Å². The van der Waals surface area contributed by atoms with Crippen LogP contribution in [0, 0.1) is 23.2 Å². The number of hydrogen-bond donors (Lipinski definition) is 2. The molecular weight excluding hydrogens is 534 g/mol. The second-order valence-corrected chi connectivity index (χ2v) is 13.8. The summed E-state index contributed by atoms with van der Waals surface area (Å²) in [5, 5.41) is 5.82. The van der Waals surface area contributed by atoms with Crippen LogP contribution in [0.4, 0.5) is 0 Å². The van der Waals surface area contributed by atoms with Crippen LogP contribution in [0.2, 0.25) is 0 Å². The van der Waals surface area contributed by atoms with Crippen LogP contribution >= 0.6 is 0 Å². The van der Waals surface area contributed by atoms with Gasteiger partial charge in [0.15, 0.2) is 0 Å². The molecule has 1 saturated carbocycles. The van der Waals surface area contributed by atoms with Crippen LogP contribution in [-0.4, -0.2) is 74.6 Å². The number of nitrogens with one attached hydrogen (secondary N) is 2. The van der Waals surface area contributed by atoms with Gasteiger partial charge >= 0.3 is 0 Å². The highest BCUT2D eigenvalue weighted by atomic mass is 16.5. The van der Waals surface area contributed by atoms with Gasteiger partial charge in [0.25, 0.3) is 5.91 Å². The number of nitrogens with zero attached hydrogens (tertiary/aromatic N) is 1. The van der Waals surface area contributed by atoms with Crippen molar-refractivity contribution in [3.63, 3.8) is 0 Å². The van der Waals surface area contributed by atoms with Gasteiger partial charge in [-0.05, 0) is 60.1 Å². The van der Waals surface area contributed by atoms with Gasteiger partial charge in [0.05, 0.1) is 32.3 Å². The first-order valence-electron chi connectivity index (χ1n) is 15.4. The van der Waals surface area contributed by atoms with Crippen LogP contribution in [-0.2, 0) is 29.3 Å². The zero-order valence-electron chi connectivity index (χ0n) is 26.4. The average molecular weight is 586 g/mol. The highest BCUT2D eigenvalue weighted by Gasteiger charge is 2.45. The third-order valence-corrected chi connectivity index (χ3v) is 8.41. The molecule has 42 heavy (non-hydrogen) atoms. The van der Waals surface area contributed by atoms with Crippen molar-refractivity contribution in [2.45, 2.75) is 79.1 Å². The summed E-state index contributed by atoms with van der Waals surface area (Å²) in [6, 6.07) is 7.67. The number of carbonyl (C=O) groups excluding carboxylic acids is 4. The number of imide groups is 1. The number of hydrogen-bond acceptors (Lipinski definition) is 6. The molecule has 234 valence electrons. The molecule has 1 atom stereocenters. The highest BCUT2D eigenvalue weighted by Crippen LogP contribution is 2.37. The van der Waals surface area contributed by atoms with E-state index in [-0.39, 0.29) is 52.2 Å². The summed E-state index contributed by atoms with van der Waals surface area (Å²) in [4.78, 5) is 51.6. The van der Waals surface area contributed by atoms with Crippen molar-refractivity contribution >= 4 is 23.6 Å². The van der Waals surface area contributed by atoms with E-state index in [0.717, 1.165) is 25.7 Å². The van der Waals surface area contributed by atoms with Crippen LogP contribution in [0.1, 0.15) is 89.6 Å². The molecule has 2 N–H and O–H groups in total. The molecule has 1 aromatic rings. The van der Waals surface area contributed by atoms with Gasteiger partial charge < -0.3 is 20.1 Å². The molecule has 2 aliphatic rings. The van der Waals surface area contributed by atoms with Crippen molar-refractivity contribution in [1.82, 2.24) is 15.5 Å². The molecule has 3 rings (SSSR count). The molecule has 1 unspecified atom stereocenters. The Bertz CT molecular complexity index is 1060. The van der Waals surface area contributed by atoms with Gasteiger partial charge in [0, 0.05) is 37.5 Å². The fraction of sp³-hybridized carbons (Fsp3) is 0.697. The Morgan fingerprint density at radius 3 is 1.93 bits per heavy atom. The van der Waals surface area contributed by atoms with Gasteiger partial charge in [-0.15, -0.1) is 0 Å². The lowest BCUT2D eigenvalue weighted by Gasteiger charge is -2.31. The first-order chi connectivity index (χ1) is 19.8. The fourth-order valence-electron chi connectivity index (χ4n) is 5.59. The minimum atomic E-state index is -0.240. The molecule has 9 nitrogen and oxygen atoms in total. The highest BCUT2D eigenvalue weighted by molar-refractivity contribution is 6.03. The molecule has 1 saturated heterocycles. The summed E-state index contributed by atoms with van der Waals surface area (Å²) in [6.45, 7) is 15.4. The van der Waals surface area contributed by atoms with Gasteiger partial charge in [-0.25, -0.2) is 0 Å². The molecule has 4 amide bonds. The predicted molar refractivity (Wildman–Crippen MR) is 162 cm³/mol. The summed E-state index contributed by atoms with van der Waals surface area (Å²) < 4.78 is 11.1. The summed E-state index contributed by atoms with van der Waals surface area (Å²) in [6.07, 6.45) is 3.52. The van der Waals surface area contributed by atoms with E-state index < -0.39 is 0 Å². The molecule has 0 spiro atoms. The number of benzene rings is 1. The summed E-state index contributed by atoms with van der Waals surface area (Å²) in [5.41, 5.74) is 1.65. The van der Waals surface area contributed by atoms with Gasteiger partial charge in [-0.2, -0.15) is 0 Å². The lowest BCUT2D eigenvalue weighted by atomic mass is 9.79. The number of rotatable bonds is 13. The molecule has 1 aliphatic heterocycles. The minimum Gasteiger partial charge on any atom is -0.377 e. The fourth-order valence-corrected chi connectivity index (χ4v) is 5.59. The van der Waals surface area contributed by atoms with Crippen molar-refractivity contribution in [3.8, 4) is 0 Å². The van der Waals surface area contributed by atoms with Crippen molar-refractivity contribution in [3.05, 3.63) is 35.4 Å². The Labute approximate surface area is 251 Å². The van der Waals surface area contributed by atoms with Crippen molar-refractivity contribution < 1.29 is 28.7 Å². The third-order valence-electron chi connectivity index (χ3n) is 8.41. The van der Waals surface area contributed by atoms with Gasteiger partial charge in [-0.1, -0.05) is 53.7 Å². The lowest BCUT2D eigenvalue weighted by Crippen LogP contribution is -2.40. The zero-order valence-corrected chi connectivity index (χ0v) is 26.4. The number of likely N-dealkylation sites (tertiary alicyclic amines) is 1. The van der Waals surface area contributed by atoms with Crippen molar-refractivity contribution in [2.24, 2.45) is 23.2 Å². The molecule has 0 bridgehead atoms. The molecule has 1 aromatic carbocycles. The van der Waals surface area contributed by atoms with E-state index in [1.165, 1.54) is 10.5 Å². The maximum Gasteiger partial charge on any atom is 0.251 e. The minimum absolute atomic E-state index is 0.0384. The molecule has 0 radical (unpaired) electrons. The Balaban J connectivity index is 1.19. The molecular formula is C33H51N3O6. The maximum atomic E-state index is 12.8. The molecule has 2 fully saturated rings. The average Bonchev–Trinajstić information content (AvgIpc) is 3.22. The number of carbonyl (C=O) groups is 4. The quantitative estimate of drug-likeness (QED) is 0.266.